The SMILES string of the molecule is CC(=O)c1ccc(C)c(C#N)c1C. The number of ketones is 1. The zero-order valence-corrected chi connectivity index (χ0v) is 8.01. The average molecular weight is 173 g/mol. The van der Waals surface area contributed by atoms with E-state index < -0.39 is 0 Å². The fourth-order valence-corrected chi connectivity index (χ4v) is 1.40. The monoisotopic (exact) mass is 173 g/mol. The molecule has 0 aliphatic carbocycles. The predicted octanol–water partition coefficient (Wildman–Crippen LogP) is 2.38. The molecule has 0 amide bonds. The Morgan fingerprint density at radius 2 is 2.00 bits per heavy atom. The number of carbonyl (C=O) groups is 1. The van der Waals surface area contributed by atoms with Crippen molar-refractivity contribution < 1.29 is 4.79 Å². The van der Waals surface area contributed by atoms with E-state index >= 15 is 0 Å². The van der Waals surface area contributed by atoms with Gasteiger partial charge in [0.05, 0.1) is 11.6 Å². The molecule has 0 unspecified atom stereocenters. The number of benzene rings is 1. The molecule has 0 saturated heterocycles. The average Bonchev–Trinajstić information content (AvgIpc) is 2.04. The van der Waals surface area contributed by atoms with Crippen LogP contribution in [0, 0.1) is 25.2 Å². The molecular weight excluding hydrogens is 162 g/mol. The molecule has 1 rings (SSSR count). The van der Waals surface area contributed by atoms with Gasteiger partial charge in [-0.3, -0.25) is 4.79 Å². The van der Waals surface area contributed by atoms with Crippen molar-refractivity contribution in [3.05, 3.63) is 34.4 Å². The quantitative estimate of drug-likeness (QED) is 0.612. The molecule has 0 atom stereocenters. The normalized spacial score (nSPS) is 9.38. The lowest BCUT2D eigenvalue weighted by Gasteiger charge is -2.05. The topological polar surface area (TPSA) is 40.9 Å². The van der Waals surface area contributed by atoms with Gasteiger partial charge in [-0.2, -0.15) is 5.26 Å². The number of aryl methyl sites for hydroxylation is 1. The number of nitriles is 1. The summed E-state index contributed by atoms with van der Waals surface area (Å²) in [6.45, 7) is 5.19. The highest BCUT2D eigenvalue weighted by Crippen LogP contribution is 2.17. The minimum atomic E-state index is 0.00833. The number of hydrogen-bond donors (Lipinski definition) is 0. The van der Waals surface area contributed by atoms with E-state index in [1.54, 1.807) is 6.07 Å². The maximum Gasteiger partial charge on any atom is 0.160 e. The second-order valence-corrected chi connectivity index (χ2v) is 3.10. The molecule has 1 aromatic rings. The molecule has 0 aromatic heterocycles. The van der Waals surface area contributed by atoms with Gasteiger partial charge in [0.2, 0.25) is 0 Å². The highest BCUT2D eigenvalue weighted by Gasteiger charge is 2.09. The van der Waals surface area contributed by atoms with Crippen LogP contribution in [0.5, 0.6) is 0 Å². The zero-order valence-electron chi connectivity index (χ0n) is 8.01. The van der Waals surface area contributed by atoms with E-state index in [9.17, 15) is 4.79 Å². The number of rotatable bonds is 1. The molecule has 2 heteroatoms. The van der Waals surface area contributed by atoms with Crippen molar-refractivity contribution in [3.8, 4) is 6.07 Å². The summed E-state index contributed by atoms with van der Waals surface area (Å²) in [6, 6.07) is 5.69. The van der Waals surface area contributed by atoms with Crippen LogP contribution in [0.15, 0.2) is 12.1 Å². The van der Waals surface area contributed by atoms with Gasteiger partial charge in [0, 0.05) is 5.56 Å². The maximum absolute atomic E-state index is 11.1. The zero-order chi connectivity index (χ0) is 10.0. The second kappa shape index (κ2) is 3.40. The standard InChI is InChI=1S/C11H11NO/c1-7-4-5-10(9(3)13)8(2)11(7)6-12/h4-5H,1-3H3. The van der Waals surface area contributed by atoms with Crippen LogP contribution in [0.4, 0.5) is 0 Å². The van der Waals surface area contributed by atoms with Gasteiger partial charge in [0.1, 0.15) is 0 Å². The van der Waals surface area contributed by atoms with E-state index in [1.807, 2.05) is 19.9 Å². The first-order valence-corrected chi connectivity index (χ1v) is 4.09. The van der Waals surface area contributed by atoms with Crippen LogP contribution in [0.1, 0.15) is 34.0 Å². The van der Waals surface area contributed by atoms with Gasteiger partial charge in [0.15, 0.2) is 5.78 Å². The molecule has 0 fully saturated rings. The number of carbonyl (C=O) groups excluding carboxylic acids is 1. The largest absolute Gasteiger partial charge is 0.295 e. The van der Waals surface area contributed by atoms with Crippen LogP contribution >= 0.6 is 0 Å². The molecule has 0 radical (unpaired) electrons. The van der Waals surface area contributed by atoms with Crippen molar-refractivity contribution >= 4 is 5.78 Å². The number of hydrogen-bond acceptors (Lipinski definition) is 2. The molecule has 0 N–H and O–H groups in total. The van der Waals surface area contributed by atoms with Crippen LogP contribution in [0.3, 0.4) is 0 Å². The van der Waals surface area contributed by atoms with E-state index in [2.05, 4.69) is 6.07 Å². The summed E-state index contributed by atoms with van der Waals surface area (Å²) in [5.74, 6) is 0.00833. The van der Waals surface area contributed by atoms with E-state index in [1.165, 1.54) is 6.92 Å². The Kier molecular flexibility index (Phi) is 2.48. The summed E-state index contributed by atoms with van der Waals surface area (Å²) in [4.78, 5) is 11.1. The van der Waals surface area contributed by atoms with Crippen molar-refractivity contribution in [1.82, 2.24) is 0 Å². The summed E-state index contributed by atoms with van der Waals surface area (Å²) < 4.78 is 0. The molecule has 0 heterocycles. The molecule has 1 aromatic carbocycles. The van der Waals surface area contributed by atoms with Crippen molar-refractivity contribution in [2.75, 3.05) is 0 Å². The Morgan fingerprint density at radius 1 is 1.38 bits per heavy atom. The van der Waals surface area contributed by atoms with E-state index in [0.29, 0.717) is 11.1 Å². The molecule has 0 aliphatic rings. The Morgan fingerprint density at radius 3 is 2.46 bits per heavy atom. The van der Waals surface area contributed by atoms with Crippen molar-refractivity contribution in [2.45, 2.75) is 20.8 Å². The first-order valence-electron chi connectivity index (χ1n) is 4.09. The van der Waals surface area contributed by atoms with Crippen LogP contribution in [-0.2, 0) is 0 Å². The number of nitrogens with zero attached hydrogens (tertiary/aromatic N) is 1. The summed E-state index contributed by atoms with van der Waals surface area (Å²) in [5, 5.41) is 8.84. The molecule has 0 saturated carbocycles. The predicted molar refractivity (Wildman–Crippen MR) is 50.6 cm³/mol. The Balaban J connectivity index is 3.47. The Bertz CT molecular complexity index is 399. The smallest absolute Gasteiger partial charge is 0.160 e. The summed E-state index contributed by atoms with van der Waals surface area (Å²) in [5.41, 5.74) is 2.97. The highest BCUT2D eigenvalue weighted by molar-refractivity contribution is 5.96. The molecule has 0 bridgehead atoms. The second-order valence-electron chi connectivity index (χ2n) is 3.10. The molecule has 2 nitrogen and oxygen atoms in total. The third-order valence-corrected chi connectivity index (χ3v) is 2.16. The fraction of sp³-hybridized carbons (Fsp3) is 0.273. The minimum absolute atomic E-state index is 0.00833. The molecular formula is C11H11NO. The lowest BCUT2D eigenvalue weighted by Crippen LogP contribution is -1.99. The van der Waals surface area contributed by atoms with Crippen LogP contribution in [0.2, 0.25) is 0 Å². The maximum atomic E-state index is 11.1. The van der Waals surface area contributed by atoms with E-state index in [4.69, 9.17) is 5.26 Å². The van der Waals surface area contributed by atoms with Crippen LogP contribution in [0.25, 0.3) is 0 Å². The Labute approximate surface area is 77.8 Å². The third kappa shape index (κ3) is 1.59. The Hall–Kier alpha value is -1.62. The molecule has 66 valence electrons. The van der Waals surface area contributed by atoms with Crippen LogP contribution in [-0.4, -0.2) is 5.78 Å². The lowest BCUT2D eigenvalue weighted by atomic mass is 9.97. The summed E-state index contributed by atoms with van der Waals surface area (Å²) in [6.07, 6.45) is 0. The molecule has 0 aliphatic heterocycles. The van der Waals surface area contributed by atoms with Crippen molar-refractivity contribution in [2.24, 2.45) is 0 Å². The van der Waals surface area contributed by atoms with Crippen molar-refractivity contribution in [1.29, 1.82) is 5.26 Å². The highest BCUT2D eigenvalue weighted by atomic mass is 16.1. The van der Waals surface area contributed by atoms with Crippen molar-refractivity contribution in [3.63, 3.8) is 0 Å². The van der Waals surface area contributed by atoms with Gasteiger partial charge in [-0.1, -0.05) is 12.1 Å². The first-order chi connectivity index (χ1) is 6.07. The number of Topliss-reactive ketones (excluding diaryl/α,β-unsaturated/α-hetero) is 1. The van der Waals surface area contributed by atoms with Gasteiger partial charge in [-0.25, -0.2) is 0 Å². The van der Waals surface area contributed by atoms with E-state index in [-0.39, 0.29) is 5.78 Å². The lowest BCUT2D eigenvalue weighted by molar-refractivity contribution is 0.101. The van der Waals surface area contributed by atoms with Gasteiger partial charge < -0.3 is 0 Å². The molecule has 0 spiro atoms. The summed E-state index contributed by atoms with van der Waals surface area (Å²) in [7, 11) is 0. The minimum Gasteiger partial charge on any atom is -0.295 e. The fourth-order valence-electron chi connectivity index (χ4n) is 1.40. The van der Waals surface area contributed by atoms with E-state index in [0.717, 1.165) is 11.1 Å². The molecule has 13 heavy (non-hydrogen) atoms. The van der Waals surface area contributed by atoms with Gasteiger partial charge in [-0.15, -0.1) is 0 Å². The summed E-state index contributed by atoms with van der Waals surface area (Å²) >= 11 is 0. The van der Waals surface area contributed by atoms with Gasteiger partial charge in [0.25, 0.3) is 0 Å². The van der Waals surface area contributed by atoms with Crippen LogP contribution < -0.4 is 0 Å². The van der Waals surface area contributed by atoms with Gasteiger partial charge >= 0.3 is 0 Å². The van der Waals surface area contributed by atoms with Gasteiger partial charge in [-0.05, 0) is 31.9 Å². The third-order valence-electron chi connectivity index (χ3n) is 2.16. The first kappa shape index (κ1) is 9.47.